The van der Waals surface area contributed by atoms with E-state index < -0.39 is 6.10 Å². The number of hydrogen-bond acceptors (Lipinski definition) is 5. The molecular weight excluding hydrogens is 268 g/mol. The second kappa shape index (κ2) is 7.64. The maximum absolute atomic E-state index is 10.7. The SMILES string of the molecule is CCOc1ccc(OC)c(C(O)C(C)N2CCNCC2)c1. The number of piperazine rings is 1. The van der Waals surface area contributed by atoms with Crippen LogP contribution in [0.4, 0.5) is 0 Å². The van der Waals surface area contributed by atoms with Gasteiger partial charge in [-0.05, 0) is 32.0 Å². The lowest BCUT2D eigenvalue weighted by atomic mass is 10.0. The normalized spacial score (nSPS) is 19.0. The molecule has 118 valence electrons. The van der Waals surface area contributed by atoms with Gasteiger partial charge in [-0.1, -0.05) is 0 Å². The van der Waals surface area contributed by atoms with E-state index in [1.807, 2.05) is 25.1 Å². The van der Waals surface area contributed by atoms with Gasteiger partial charge in [-0.25, -0.2) is 0 Å². The molecule has 21 heavy (non-hydrogen) atoms. The molecule has 2 atom stereocenters. The largest absolute Gasteiger partial charge is 0.496 e. The van der Waals surface area contributed by atoms with E-state index >= 15 is 0 Å². The summed E-state index contributed by atoms with van der Waals surface area (Å²) in [5.74, 6) is 1.47. The van der Waals surface area contributed by atoms with E-state index in [1.54, 1.807) is 7.11 Å². The molecule has 2 N–H and O–H groups in total. The van der Waals surface area contributed by atoms with Crippen molar-refractivity contribution in [1.82, 2.24) is 10.2 Å². The van der Waals surface area contributed by atoms with Gasteiger partial charge in [0.1, 0.15) is 11.5 Å². The number of methoxy groups -OCH3 is 1. The fourth-order valence-electron chi connectivity index (χ4n) is 2.75. The van der Waals surface area contributed by atoms with Gasteiger partial charge in [0.2, 0.25) is 0 Å². The zero-order valence-corrected chi connectivity index (χ0v) is 13.1. The fourth-order valence-corrected chi connectivity index (χ4v) is 2.75. The molecule has 1 heterocycles. The molecule has 2 unspecified atom stereocenters. The van der Waals surface area contributed by atoms with E-state index in [9.17, 15) is 5.11 Å². The summed E-state index contributed by atoms with van der Waals surface area (Å²) in [6, 6.07) is 5.64. The third kappa shape index (κ3) is 3.87. The first-order chi connectivity index (χ1) is 10.2. The van der Waals surface area contributed by atoms with Crippen molar-refractivity contribution in [2.45, 2.75) is 26.0 Å². The van der Waals surface area contributed by atoms with Gasteiger partial charge in [0.25, 0.3) is 0 Å². The maximum atomic E-state index is 10.7. The molecular formula is C16H26N2O3. The highest BCUT2D eigenvalue weighted by Crippen LogP contribution is 2.32. The van der Waals surface area contributed by atoms with Crippen LogP contribution in [0, 0.1) is 0 Å². The van der Waals surface area contributed by atoms with Crippen molar-refractivity contribution in [3.05, 3.63) is 23.8 Å². The van der Waals surface area contributed by atoms with E-state index in [1.165, 1.54) is 0 Å². The Morgan fingerprint density at radius 1 is 1.33 bits per heavy atom. The number of benzene rings is 1. The lowest BCUT2D eigenvalue weighted by Crippen LogP contribution is -2.49. The van der Waals surface area contributed by atoms with Crippen LogP contribution >= 0.6 is 0 Å². The molecule has 5 heteroatoms. The first-order valence-corrected chi connectivity index (χ1v) is 7.61. The Bertz CT molecular complexity index is 447. The molecule has 0 amide bonds. The molecule has 0 spiro atoms. The van der Waals surface area contributed by atoms with E-state index in [4.69, 9.17) is 9.47 Å². The number of aliphatic hydroxyl groups is 1. The summed E-state index contributed by atoms with van der Waals surface area (Å²) in [5.41, 5.74) is 0.787. The van der Waals surface area contributed by atoms with Crippen LogP contribution in [0.1, 0.15) is 25.5 Å². The number of nitrogens with one attached hydrogen (secondary N) is 1. The van der Waals surface area contributed by atoms with Gasteiger partial charge >= 0.3 is 0 Å². The Morgan fingerprint density at radius 3 is 2.67 bits per heavy atom. The molecule has 0 aromatic heterocycles. The van der Waals surface area contributed by atoms with Crippen molar-refractivity contribution >= 4 is 0 Å². The average molecular weight is 294 g/mol. The summed E-state index contributed by atoms with van der Waals surface area (Å²) >= 11 is 0. The Morgan fingerprint density at radius 2 is 2.05 bits per heavy atom. The fraction of sp³-hybridized carbons (Fsp3) is 0.625. The van der Waals surface area contributed by atoms with Crippen molar-refractivity contribution < 1.29 is 14.6 Å². The highest BCUT2D eigenvalue weighted by Gasteiger charge is 2.26. The smallest absolute Gasteiger partial charge is 0.124 e. The lowest BCUT2D eigenvalue weighted by molar-refractivity contribution is 0.0493. The second-order valence-electron chi connectivity index (χ2n) is 5.31. The Balaban J connectivity index is 2.18. The van der Waals surface area contributed by atoms with Crippen LogP contribution in [0.3, 0.4) is 0 Å². The summed E-state index contributed by atoms with van der Waals surface area (Å²) in [7, 11) is 1.63. The number of nitrogens with zero attached hydrogens (tertiary/aromatic N) is 1. The number of hydrogen-bond donors (Lipinski definition) is 2. The van der Waals surface area contributed by atoms with Gasteiger partial charge in [0.05, 0.1) is 19.8 Å². The van der Waals surface area contributed by atoms with Crippen LogP contribution in [-0.2, 0) is 0 Å². The highest BCUT2D eigenvalue weighted by atomic mass is 16.5. The van der Waals surface area contributed by atoms with Crippen LogP contribution in [0.25, 0.3) is 0 Å². The van der Waals surface area contributed by atoms with Gasteiger partial charge < -0.3 is 19.9 Å². The molecule has 1 saturated heterocycles. The average Bonchev–Trinajstić information content (AvgIpc) is 2.54. The molecule has 1 fully saturated rings. The van der Waals surface area contributed by atoms with Crippen LogP contribution in [0.5, 0.6) is 11.5 Å². The van der Waals surface area contributed by atoms with E-state index in [0.29, 0.717) is 12.4 Å². The Hall–Kier alpha value is -1.30. The zero-order valence-electron chi connectivity index (χ0n) is 13.1. The van der Waals surface area contributed by atoms with Crippen molar-refractivity contribution in [3.63, 3.8) is 0 Å². The first kappa shape index (κ1) is 16.1. The van der Waals surface area contributed by atoms with Gasteiger partial charge in [0, 0.05) is 37.8 Å². The molecule has 1 aliphatic heterocycles. The van der Waals surface area contributed by atoms with E-state index in [2.05, 4.69) is 17.1 Å². The molecule has 0 radical (unpaired) electrons. The third-order valence-corrected chi connectivity index (χ3v) is 4.02. The summed E-state index contributed by atoms with van der Waals surface area (Å²) in [4.78, 5) is 2.30. The van der Waals surface area contributed by atoms with Gasteiger partial charge in [0.15, 0.2) is 0 Å². The molecule has 0 bridgehead atoms. The van der Waals surface area contributed by atoms with Crippen LogP contribution in [-0.4, -0.2) is 55.9 Å². The van der Waals surface area contributed by atoms with Crippen LogP contribution in [0.2, 0.25) is 0 Å². The first-order valence-electron chi connectivity index (χ1n) is 7.61. The second-order valence-corrected chi connectivity index (χ2v) is 5.31. The summed E-state index contributed by atoms with van der Waals surface area (Å²) in [6.07, 6.45) is -0.599. The third-order valence-electron chi connectivity index (χ3n) is 4.02. The van der Waals surface area contributed by atoms with Crippen molar-refractivity contribution in [3.8, 4) is 11.5 Å². The maximum Gasteiger partial charge on any atom is 0.124 e. The number of rotatable bonds is 6. The van der Waals surface area contributed by atoms with Gasteiger partial charge in [-0.3, -0.25) is 4.90 Å². The zero-order chi connectivity index (χ0) is 15.2. The van der Waals surface area contributed by atoms with Crippen LogP contribution in [0.15, 0.2) is 18.2 Å². The minimum Gasteiger partial charge on any atom is -0.496 e. The lowest BCUT2D eigenvalue weighted by Gasteiger charge is -2.35. The molecule has 1 aromatic carbocycles. The van der Waals surface area contributed by atoms with E-state index in [-0.39, 0.29) is 6.04 Å². The van der Waals surface area contributed by atoms with Crippen molar-refractivity contribution in [2.24, 2.45) is 0 Å². The number of aliphatic hydroxyl groups excluding tert-OH is 1. The minimum atomic E-state index is -0.599. The highest BCUT2D eigenvalue weighted by molar-refractivity contribution is 5.42. The molecule has 0 aliphatic carbocycles. The molecule has 0 saturated carbocycles. The van der Waals surface area contributed by atoms with Gasteiger partial charge in [-0.2, -0.15) is 0 Å². The molecule has 5 nitrogen and oxygen atoms in total. The van der Waals surface area contributed by atoms with Gasteiger partial charge in [-0.15, -0.1) is 0 Å². The van der Waals surface area contributed by atoms with Crippen molar-refractivity contribution in [2.75, 3.05) is 39.9 Å². The molecule has 1 aromatic rings. The van der Waals surface area contributed by atoms with Crippen molar-refractivity contribution in [1.29, 1.82) is 0 Å². The van der Waals surface area contributed by atoms with Crippen LogP contribution < -0.4 is 14.8 Å². The Kier molecular flexibility index (Phi) is 5.85. The Labute approximate surface area is 126 Å². The topological polar surface area (TPSA) is 54.0 Å². The number of ether oxygens (including phenoxy) is 2. The molecule has 2 rings (SSSR count). The quantitative estimate of drug-likeness (QED) is 0.831. The summed E-state index contributed by atoms with van der Waals surface area (Å²) in [5, 5.41) is 14.1. The summed E-state index contributed by atoms with van der Waals surface area (Å²) < 4.78 is 10.9. The standard InChI is InChI=1S/C16H26N2O3/c1-4-21-13-5-6-15(20-3)14(11-13)16(19)12(2)18-9-7-17-8-10-18/h5-6,11-12,16-17,19H,4,7-10H2,1-3H3. The predicted molar refractivity (Wildman–Crippen MR) is 83.0 cm³/mol. The minimum absolute atomic E-state index is 0.0397. The molecule has 1 aliphatic rings. The predicted octanol–water partition coefficient (Wildman–Crippen LogP) is 1.42. The summed E-state index contributed by atoms with van der Waals surface area (Å²) in [6.45, 7) is 8.44. The van der Waals surface area contributed by atoms with E-state index in [0.717, 1.165) is 37.5 Å². The monoisotopic (exact) mass is 294 g/mol.